The molecule has 0 radical (unpaired) electrons. The van der Waals surface area contributed by atoms with Crippen LogP contribution in [-0.4, -0.2) is 28.6 Å². The number of hydrogen-bond donors (Lipinski definition) is 0. The summed E-state index contributed by atoms with van der Waals surface area (Å²) >= 11 is 0. The van der Waals surface area contributed by atoms with Crippen molar-refractivity contribution in [1.82, 2.24) is 9.88 Å². The van der Waals surface area contributed by atoms with Gasteiger partial charge in [-0.3, -0.25) is 0 Å². The van der Waals surface area contributed by atoms with Gasteiger partial charge in [-0.15, -0.1) is 0 Å². The fourth-order valence-electron chi connectivity index (χ4n) is 1.68. The summed E-state index contributed by atoms with van der Waals surface area (Å²) in [6, 6.07) is 5.66. The van der Waals surface area contributed by atoms with Crippen LogP contribution in [0.15, 0.2) is 29.0 Å². The van der Waals surface area contributed by atoms with Crippen molar-refractivity contribution >= 4 is 17.2 Å². The first-order valence-corrected chi connectivity index (χ1v) is 6.11. The Kier molecular flexibility index (Phi) is 3.46. The van der Waals surface area contributed by atoms with E-state index in [0.29, 0.717) is 6.54 Å². The monoisotopic (exact) mass is 262 g/mol. The summed E-state index contributed by atoms with van der Waals surface area (Å²) in [5.74, 6) is 0. The minimum atomic E-state index is -0.485. The van der Waals surface area contributed by atoms with Crippen LogP contribution in [0, 0.1) is 0 Å². The van der Waals surface area contributed by atoms with Crippen LogP contribution in [0.2, 0.25) is 0 Å². The first kappa shape index (κ1) is 13.4. The summed E-state index contributed by atoms with van der Waals surface area (Å²) in [5.41, 5.74) is 2.02. The van der Waals surface area contributed by atoms with Crippen LogP contribution >= 0.6 is 0 Å². The third-order valence-corrected chi connectivity index (χ3v) is 2.52. The molecule has 0 aliphatic carbocycles. The Balaban J connectivity index is 2.05. The molecule has 0 bridgehead atoms. The Labute approximate surface area is 112 Å². The number of carbonyl (C=O) groups is 1. The summed E-state index contributed by atoms with van der Waals surface area (Å²) < 4.78 is 10.5. The number of carbonyl (C=O) groups excluding carboxylic acids is 1. The molecule has 0 N–H and O–H groups in total. The van der Waals surface area contributed by atoms with Crippen LogP contribution in [-0.2, 0) is 11.3 Å². The Hall–Kier alpha value is -2.04. The predicted molar refractivity (Wildman–Crippen MR) is 71.7 cm³/mol. The van der Waals surface area contributed by atoms with E-state index in [2.05, 4.69) is 4.98 Å². The van der Waals surface area contributed by atoms with Crippen LogP contribution in [0.5, 0.6) is 0 Å². The van der Waals surface area contributed by atoms with E-state index in [0.717, 1.165) is 16.7 Å². The van der Waals surface area contributed by atoms with Gasteiger partial charge >= 0.3 is 6.09 Å². The van der Waals surface area contributed by atoms with Crippen LogP contribution in [0.4, 0.5) is 4.79 Å². The fraction of sp³-hybridized carbons (Fsp3) is 0.429. The normalized spacial score (nSPS) is 11.6. The maximum atomic E-state index is 11.8. The average Bonchev–Trinajstić information content (AvgIpc) is 2.73. The van der Waals surface area contributed by atoms with Gasteiger partial charge < -0.3 is 14.1 Å². The van der Waals surface area contributed by atoms with Gasteiger partial charge in [0.1, 0.15) is 11.1 Å². The van der Waals surface area contributed by atoms with E-state index in [1.165, 1.54) is 11.3 Å². The minimum absolute atomic E-state index is 0.340. The van der Waals surface area contributed by atoms with Gasteiger partial charge in [0, 0.05) is 13.6 Å². The Morgan fingerprint density at radius 3 is 2.84 bits per heavy atom. The van der Waals surface area contributed by atoms with E-state index >= 15 is 0 Å². The van der Waals surface area contributed by atoms with Crippen LogP contribution in [0.3, 0.4) is 0 Å². The van der Waals surface area contributed by atoms with Gasteiger partial charge in [-0.1, -0.05) is 6.07 Å². The maximum Gasteiger partial charge on any atom is 0.410 e. The average molecular weight is 262 g/mol. The zero-order valence-electron chi connectivity index (χ0n) is 11.6. The van der Waals surface area contributed by atoms with Gasteiger partial charge in [-0.25, -0.2) is 9.78 Å². The molecule has 1 heterocycles. The van der Waals surface area contributed by atoms with Gasteiger partial charge in [0.25, 0.3) is 0 Å². The van der Waals surface area contributed by atoms with Crippen LogP contribution in [0.1, 0.15) is 26.3 Å². The predicted octanol–water partition coefficient (Wildman–Crippen LogP) is 3.19. The number of nitrogens with zero attached hydrogens (tertiary/aromatic N) is 2. The first-order valence-electron chi connectivity index (χ1n) is 6.11. The molecule has 5 heteroatoms. The molecule has 102 valence electrons. The molecular formula is C14H18N2O3. The summed E-state index contributed by atoms with van der Waals surface area (Å²) in [4.78, 5) is 17.5. The van der Waals surface area contributed by atoms with Crippen molar-refractivity contribution in [3.05, 3.63) is 30.2 Å². The highest BCUT2D eigenvalue weighted by Crippen LogP contribution is 2.16. The summed E-state index contributed by atoms with van der Waals surface area (Å²) in [5, 5.41) is 0. The zero-order valence-corrected chi connectivity index (χ0v) is 11.6. The number of aromatic nitrogens is 1. The third kappa shape index (κ3) is 3.47. The van der Waals surface area contributed by atoms with Gasteiger partial charge in [0.05, 0.1) is 0 Å². The van der Waals surface area contributed by atoms with Gasteiger partial charge in [-0.2, -0.15) is 0 Å². The lowest BCUT2D eigenvalue weighted by Crippen LogP contribution is -2.33. The molecule has 0 aliphatic rings. The molecule has 0 fully saturated rings. The van der Waals surface area contributed by atoms with E-state index in [9.17, 15) is 4.79 Å². The molecule has 0 unspecified atom stereocenters. The molecule has 1 amide bonds. The number of amides is 1. The molecule has 2 aromatic rings. The standard InChI is InChI=1S/C14H18N2O3/c1-14(2,3)19-13(17)16(4)8-10-5-6-12-11(7-10)15-9-18-12/h5-7,9H,8H2,1-4H3. The van der Waals surface area contributed by atoms with E-state index in [1.54, 1.807) is 7.05 Å². The first-order chi connectivity index (χ1) is 8.85. The number of fused-ring (bicyclic) bond motifs is 1. The second-order valence-corrected chi connectivity index (χ2v) is 5.49. The Bertz CT molecular complexity index is 584. The molecule has 0 saturated heterocycles. The van der Waals surface area contributed by atoms with Crippen molar-refractivity contribution in [3.63, 3.8) is 0 Å². The summed E-state index contributed by atoms with van der Waals surface area (Å²) in [6.45, 7) is 6.01. The van der Waals surface area contributed by atoms with Crippen LogP contribution in [0.25, 0.3) is 11.1 Å². The largest absolute Gasteiger partial charge is 0.444 e. The molecular weight excluding hydrogens is 244 g/mol. The van der Waals surface area contributed by atoms with Crippen molar-refractivity contribution in [2.75, 3.05) is 7.05 Å². The Morgan fingerprint density at radius 2 is 2.16 bits per heavy atom. The maximum absolute atomic E-state index is 11.8. The van der Waals surface area contributed by atoms with Crippen LogP contribution < -0.4 is 0 Å². The molecule has 0 atom stereocenters. The van der Waals surface area contributed by atoms with E-state index in [1.807, 2.05) is 39.0 Å². The lowest BCUT2D eigenvalue weighted by molar-refractivity contribution is 0.0285. The van der Waals surface area contributed by atoms with Crippen molar-refractivity contribution in [3.8, 4) is 0 Å². The number of oxazole rings is 1. The SMILES string of the molecule is CN(Cc1ccc2ocnc2c1)C(=O)OC(C)(C)C. The molecule has 0 aliphatic heterocycles. The van der Waals surface area contributed by atoms with Gasteiger partial charge in [0.2, 0.25) is 0 Å². The van der Waals surface area contributed by atoms with Crippen molar-refractivity contribution in [1.29, 1.82) is 0 Å². The molecule has 19 heavy (non-hydrogen) atoms. The molecule has 0 spiro atoms. The highest BCUT2D eigenvalue weighted by molar-refractivity contribution is 5.73. The van der Waals surface area contributed by atoms with Gasteiger partial charge in [-0.05, 0) is 38.5 Å². The van der Waals surface area contributed by atoms with Crippen molar-refractivity contribution in [2.45, 2.75) is 32.9 Å². The fourth-order valence-corrected chi connectivity index (χ4v) is 1.68. The van der Waals surface area contributed by atoms with E-state index < -0.39 is 5.60 Å². The zero-order chi connectivity index (χ0) is 14.0. The highest BCUT2D eigenvalue weighted by Gasteiger charge is 2.19. The number of hydrogen-bond acceptors (Lipinski definition) is 4. The Morgan fingerprint density at radius 1 is 1.42 bits per heavy atom. The van der Waals surface area contributed by atoms with Crippen molar-refractivity contribution < 1.29 is 13.9 Å². The molecule has 0 saturated carbocycles. The number of benzene rings is 1. The number of rotatable bonds is 2. The molecule has 2 rings (SSSR count). The van der Waals surface area contributed by atoms with E-state index in [4.69, 9.17) is 9.15 Å². The molecule has 5 nitrogen and oxygen atoms in total. The third-order valence-electron chi connectivity index (χ3n) is 2.52. The lowest BCUT2D eigenvalue weighted by Gasteiger charge is -2.24. The second-order valence-electron chi connectivity index (χ2n) is 5.49. The van der Waals surface area contributed by atoms with Gasteiger partial charge in [0.15, 0.2) is 12.0 Å². The number of ether oxygens (including phenoxy) is 1. The van der Waals surface area contributed by atoms with Crippen molar-refractivity contribution in [2.24, 2.45) is 0 Å². The quantitative estimate of drug-likeness (QED) is 0.834. The summed E-state index contributed by atoms with van der Waals surface area (Å²) in [7, 11) is 1.71. The smallest absolute Gasteiger partial charge is 0.410 e. The molecule has 1 aromatic heterocycles. The summed E-state index contributed by atoms with van der Waals surface area (Å²) in [6.07, 6.45) is 1.07. The highest BCUT2D eigenvalue weighted by atomic mass is 16.6. The lowest BCUT2D eigenvalue weighted by atomic mass is 10.2. The molecule has 1 aromatic carbocycles. The topological polar surface area (TPSA) is 55.6 Å². The van der Waals surface area contributed by atoms with E-state index in [-0.39, 0.29) is 6.09 Å². The second kappa shape index (κ2) is 4.91. The minimum Gasteiger partial charge on any atom is -0.444 e.